The van der Waals surface area contributed by atoms with Crippen molar-refractivity contribution in [2.75, 3.05) is 44.7 Å². The molecule has 3 nitrogen and oxygen atoms in total. The van der Waals surface area contributed by atoms with Crippen molar-refractivity contribution in [3.8, 4) is 0 Å². The second-order valence-corrected chi connectivity index (χ2v) is 5.60. The van der Waals surface area contributed by atoms with E-state index in [2.05, 4.69) is 53.2 Å². The summed E-state index contributed by atoms with van der Waals surface area (Å²) in [6.07, 6.45) is 1.24. The molecule has 19 heavy (non-hydrogen) atoms. The number of benzene rings is 1. The van der Waals surface area contributed by atoms with Crippen LogP contribution in [0.2, 0.25) is 0 Å². The molecule has 1 aromatic carbocycles. The second-order valence-electron chi connectivity index (χ2n) is 5.60. The maximum atomic E-state index is 3.24. The Hall–Kier alpha value is -1.06. The van der Waals surface area contributed by atoms with E-state index in [4.69, 9.17) is 0 Å². The van der Waals surface area contributed by atoms with Crippen LogP contribution in [0.15, 0.2) is 24.3 Å². The highest BCUT2D eigenvalue weighted by Crippen LogP contribution is 2.18. The third-order valence-corrected chi connectivity index (χ3v) is 4.12. The maximum Gasteiger partial charge on any atom is 0.0369 e. The molecule has 106 valence electrons. The van der Waals surface area contributed by atoms with E-state index >= 15 is 0 Å². The molecular weight excluding hydrogens is 234 g/mol. The van der Waals surface area contributed by atoms with Crippen molar-refractivity contribution in [2.45, 2.75) is 26.3 Å². The largest absolute Gasteiger partial charge is 0.369 e. The molecule has 1 atom stereocenters. The van der Waals surface area contributed by atoms with Gasteiger partial charge in [-0.15, -0.1) is 0 Å². The van der Waals surface area contributed by atoms with Crippen molar-refractivity contribution < 1.29 is 0 Å². The van der Waals surface area contributed by atoms with E-state index in [0.29, 0.717) is 6.04 Å². The van der Waals surface area contributed by atoms with Gasteiger partial charge in [0.15, 0.2) is 0 Å². The van der Waals surface area contributed by atoms with Crippen LogP contribution >= 0.6 is 0 Å². The number of hydrogen-bond acceptors (Lipinski definition) is 3. The maximum absolute atomic E-state index is 3.24. The van der Waals surface area contributed by atoms with Gasteiger partial charge in [-0.25, -0.2) is 0 Å². The van der Waals surface area contributed by atoms with Gasteiger partial charge in [0.1, 0.15) is 0 Å². The van der Waals surface area contributed by atoms with Gasteiger partial charge in [-0.05, 0) is 51.6 Å². The van der Waals surface area contributed by atoms with Crippen molar-refractivity contribution in [3.63, 3.8) is 0 Å². The number of nitrogens with one attached hydrogen (secondary N) is 1. The zero-order valence-corrected chi connectivity index (χ0v) is 12.5. The Morgan fingerprint density at radius 3 is 2.58 bits per heavy atom. The van der Waals surface area contributed by atoms with Crippen LogP contribution in [0.4, 0.5) is 5.69 Å². The predicted octanol–water partition coefficient (Wildman–Crippen LogP) is 2.12. The number of piperazine rings is 1. The highest BCUT2D eigenvalue weighted by molar-refractivity contribution is 5.48. The summed E-state index contributed by atoms with van der Waals surface area (Å²) in [6, 6.07) is 9.53. The van der Waals surface area contributed by atoms with Crippen molar-refractivity contribution in [1.29, 1.82) is 0 Å². The van der Waals surface area contributed by atoms with Crippen molar-refractivity contribution in [2.24, 2.45) is 0 Å². The summed E-state index contributed by atoms with van der Waals surface area (Å²) >= 11 is 0. The van der Waals surface area contributed by atoms with Crippen molar-refractivity contribution in [1.82, 2.24) is 10.2 Å². The molecule has 0 radical (unpaired) electrons. The van der Waals surface area contributed by atoms with Crippen LogP contribution in [0.1, 0.15) is 18.9 Å². The zero-order valence-electron chi connectivity index (χ0n) is 12.5. The first-order valence-electron chi connectivity index (χ1n) is 7.41. The monoisotopic (exact) mass is 261 g/mol. The molecule has 1 aliphatic rings. The first-order valence-corrected chi connectivity index (χ1v) is 7.41. The summed E-state index contributed by atoms with van der Waals surface area (Å²) in [7, 11) is 2.03. The third-order valence-electron chi connectivity index (χ3n) is 4.12. The summed E-state index contributed by atoms with van der Waals surface area (Å²) in [5.41, 5.74) is 2.73. The van der Waals surface area contributed by atoms with Gasteiger partial charge in [0.2, 0.25) is 0 Å². The number of nitrogens with zero attached hydrogens (tertiary/aromatic N) is 2. The number of aryl methyl sites for hydroxylation is 1. The van der Waals surface area contributed by atoms with Gasteiger partial charge in [-0.2, -0.15) is 0 Å². The van der Waals surface area contributed by atoms with Crippen LogP contribution in [0.3, 0.4) is 0 Å². The molecule has 3 heteroatoms. The first kappa shape index (κ1) is 14.4. The fourth-order valence-electron chi connectivity index (χ4n) is 2.78. The summed E-state index contributed by atoms with van der Waals surface area (Å²) in [5.74, 6) is 0. The van der Waals surface area contributed by atoms with Crippen LogP contribution in [0, 0.1) is 6.92 Å². The minimum Gasteiger partial charge on any atom is -0.369 e. The molecular formula is C16H27N3. The molecule has 1 fully saturated rings. The minimum absolute atomic E-state index is 0.687. The number of hydrogen-bond donors (Lipinski definition) is 1. The molecule has 0 saturated carbocycles. The Kier molecular flexibility index (Phi) is 5.23. The lowest BCUT2D eigenvalue weighted by atomic mass is 10.1. The molecule has 0 bridgehead atoms. The van der Waals surface area contributed by atoms with E-state index in [9.17, 15) is 0 Å². The van der Waals surface area contributed by atoms with Gasteiger partial charge in [0, 0.05) is 37.9 Å². The molecule has 0 aromatic heterocycles. The van der Waals surface area contributed by atoms with Crippen LogP contribution < -0.4 is 10.2 Å². The van der Waals surface area contributed by atoms with E-state index in [1.54, 1.807) is 0 Å². The Morgan fingerprint density at radius 1 is 1.21 bits per heavy atom. The average molecular weight is 261 g/mol. The Labute approximate surface area is 117 Å². The van der Waals surface area contributed by atoms with Gasteiger partial charge >= 0.3 is 0 Å². The van der Waals surface area contributed by atoms with E-state index in [1.165, 1.54) is 30.8 Å². The summed E-state index contributed by atoms with van der Waals surface area (Å²) in [6.45, 7) is 10.3. The zero-order chi connectivity index (χ0) is 13.7. The summed E-state index contributed by atoms with van der Waals surface area (Å²) in [4.78, 5) is 5.12. The predicted molar refractivity (Wildman–Crippen MR) is 83.0 cm³/mol. The fourth-order valence-corrected chi connectivity index (χ4v) is 2.78. The quantitative estimate of drug-likeness (QED) is 0.876. The molecule has 2 rings (SSSR count). The molecule has 1 aliphatic heterocycles. The van der Waals surface area contributed by atoms with E-state index in [1.807, 2.05) is 7.05 Å². The molecule has 1 aromatic rings. The first-order chi connectivity index (χ1) is 9.20. The van der Waals surface area contributed by atoms with Crippen molar-refractivity contribution in [3.05, 3.63) is 29.8 Å². The molecule has 1 heterocycles. The van der Waals surface area contributed by atoms with Crippen LogP contribution in [0.25, 0.3) is 0 Å². The third kappa shape index (κ3) is 3.95. The smallest absolute Gasteiger partial charge is 0.0369 e. The summed E-state index contributed by atoms with van der Waals surface area (Å²) in [5, 5.41) is 3.24. The van der Waals surface area contributed by atoms with Gasteiger partial charge in [0.05, 0.1) is 0 Å². The average Bonchev–Trinajstić information content (AvgIpc) is 2.45. The Morgan fingerprint density at radius 2 is 1.95 bits per heavy atom. The highest BCUT2D eigenvalue weighted by Gasteiger charge is 2.20. The van der Waals surface area contributed by atoms with Gasteiger partial charge in [0.25, 0.3) is 0 Å². The molecule has 0 spiro atoms. The molecule has 1 N–H and O–H groups in total. The molecule has 0 aliphatic carbocycles. The topological polar surface area (TPSA) is 18.5 Å². The fraction of sp³-hybridized carbons (Fsp3) is 0.625. The minimum atomic E-state index is 0.687. The second kappa shape index (κ2) is 6.92. The Balaban J connectivity index is 1.85. The Bertz CT molecular complexity index is 383. The van der Waals surface area contributed by atoms with Crippen LogP contribution in [-0.4, -0.2) is 50.7 Å². The van der Waals surface area contributed by atoms with Gasteiger partial charge < -0.3 is 10.2 Å². The molecule has 0 amide bonds. The number of anilines is 1. The van der Waals surface area contributed by atoms with Crippen molar-refractivity contribution >= 4 is 5.69 Å². The highest BCUT2D eigenvalue weighted by atomic mass is 15.3. The van der Waals surface area contributed by atoms with Gasteiger partial charge in [-0.3, -0.25) is 4.90 Å². The summed E-state index contributed by atoms with van der Waals surface area (Å²) < 4.78 is 0. The SMILES string of the molecule is CNCCC(C)N1CCN(c2cccc(C)c2)CC1. The lowest BCUT2D eigenvalue weighted by Gasteiger charge is -2.39. The standard InChI is InChI=1S/C16H27N3/c1-14-5-4-6-16(13-14)19-11-9-18(10-12-19)15(2)7-8-17-3/h4-6,13,15,17H,7-12H2,1-3H3. The number of rotatable bonds is 5. The molecule has 1 saturated heterocycles. The van der Waals surface area contributed by atoms with Crippen LogP contribution in [0.5, 0.6) is 0 Å². The molecule has 1 unspecified atom stereocenters. The van der Waals surface area contributed by atoms with E-state index in [0.717, 1.165) is 19.6 Å². The van der Waals surface area contributed by atoms with Gasteiger partial charge in [-0.1, -0.05) is 12.1 Å². The van der Waals surface area contributed by atoms with E-state index < -0.39 is 0 Å². The normalized spacial score (nSPS) is 18.6. The van der Waals surface area contributed by atoms with Crippen LogP contribution in [-0.2, 0) is 0 Å². The lowest BCUT2D eigenvalue weighted by Crippen LogP contribution is -2.50. The van der Waals surface area contributed by atoms with E-state index in [-0.39, 0.29) is 0 Å². The lowest BCUT2D eigenvalue weighted by molar-refractivity contribution is 0.188.